The minimum atomic E-state index is -4.01. The summed E-state index contributed by atoms with van der Waals surface area (Å²) in [6.07, 6.45) is 1.10. The normalized spacial score (nSPS) is 15.6. The fourth-order valence-electron chi connectivity index (χ4n) is 1.70. The van der Waals surface area contributed by atoms with Crippen LogP contribution in [0.2, 0.25) is 5.02 Å². The van der Waals surface area contributed by atoms with E-state index in [4.69, 9.17) is 11.6 Å². The third kappa shape index (κ3) is 2.17. The van der Waals surface area contributed by atoms with Crippen molar-refractivity contribution in [2.75, 3.05) is 6.61 Å². The topological polar surface area (TPSA) is 77.5 Å². The van der Waals surface area contributed by atoms with Crippen molar-refractivity contribution in [2.45, 2.75) is 11.8 Å². The first-order valence-corrected chi connectivity index (χ1v) is 7.22. The molecule has 1 heterocycles. The Morgan fingerprint density at radius 2 is 2.00 bits per heavy atom. The molecule has 7 heteroatoms. The predicted octanol–water partition coefficient (Wildman–Crippen LogP) is 1.60. The maximum atomic E-state index is 12.1. The zero-order valence-corrected chi connectivity index (χ0v) is 11.4. The summed E-state index contributed by atoms with van der Waals surface area (Å²) in [4.78, 5) is 22.4. The molecular formula is C12H9ClO5S. The van der Waals surface area contributed by atoms with Crippen molar-refractivity contribution in [3.63, 3.8) is 0 Å². The number of rotatable bonds is 3. The smallest absolute Gasteiger partial charge is 0.380 e. The molecule has 0 aromatic heterocycles. The highest BCUT2D eigenvalue weighted by Gasteiger charge is 2.38. The molecule has 0 radical (unpaired) electrons. The van der Waals surface area contributed by atoms with E-state index in [1.165, 1.54) is 25.1 Å². The maximum absolute atomic E-state index is 12.1. The number of esters is 1. The van der Waals surface area contributed by atoms with Crippen LogP contribution in [0.5, 0.6) is 0 Å². The molecule has 0 amide bonds. The summed E-state index contributed by atoms with van der Waals surface area (Å²) in [7, 11) is -4.01. The van der Waals surface area contributed by atoms with E-state index < -0.39 is 26.5 Å². The second kappa shape index (κ2) is 4.79. The molecule has 0 bridgehead atoms. The Morgan fingerprint density at radius 1 is 1.32 bits per heavy atom. The lowest BCUT2D eigenvalue weighted by Crippen LogP contribution is -2.22. The fraction of sp³-hybridized carbons (Fsp3) is 0.167. The second-order valence-electron chi connectivity index (χ2n) is 3.71. The van der Waals surface area contributed by atoms with Crippen LogP contribution in [0.3, 0.4) is 0 Å². The highest BCUT2D eigenvalue weighted by Crippen LogP contribution is 2.37. The molecule has 2 rings (SSSR count). The predicted molar refractivity (Wildman–Crippen MR) is 68.3 cm³/mol. The third-order valence-electron chi connectivity index (χ3n) is 2.55. The van der Waals surface area contributed by atoms with Gasteiger partial charge in [-0.2, -0.15) is 0 Å². The second-order valence-corrected chi connectivity index (χ2v) is 6.01. The van der Waals surface area contributed by atoms with Crippen molar-refractivity contribution in [2.24, 2.45) is 0 Å². The molecule has 0 saturated heterocycles. The van der Waals surface area contributed by atoms with Gasteiger partial charge in [0.25, 0.3) is 5.78 Å². The molecule has 100 valence electrons. The number of carbonyl (C=O) groups excluding carboxylic acids is 2. The molecule has 0 fully saturated rings. The van der Waals surface area contributed by atoms with Crippen LogP contribution >= 0.6 is 11.6 Å². The van der Waals surface area contributed by atoms with Crippen LogP contribution in [0.4, 0.5) is 0 Å². The number of hydrogen-bond acceptors (Lipinski definition) is 5. The third-order valence-corrected chi connectivity index (χ3v) is 4.70. The summed E-state index contributed by atoms with van der Waals surface area (Å²) in [6, 6.07) is 4.30. The lowest BCUT2D eigenvalue weighted by molar-refractivity contribution is -0.151. The number of sulfone groups is 1. The Balaban J connectivity index is 2.52. The van der Waals surface area contributed by atoms with Gasteiger partial charge in [-0.3, -0.25) is 4.79 Å². The monoisotopic (exact) mass is 300 g/mol. The van der Waals surface area contributed by atoms with E-state index in [0.29, 0.717) is 0 Å². The summed E-state index contributed by atoms with van der Waals surface area (Å²) in [6.45, 7) is 1.51. The highest BCUT2D eigenvalue weighted by molar-refractivity contribution is 7.97. The van der Waals surface area contributed by atoms with Gasteiger partial charge >= 0.3 is 5.97 Å². The van der Waals surface area contributed by atoms with Gasteiger partial charge in [-0.15, -0.1) is 0 Å². The lowest BCUT2D eigenvalue weighted by Gasteiger charge is -2.03. The van der Waals surface area contributed by atoms with E-state index in [2.05, 4.69) is 4.74 Å². The van der Waals surface area contributed by atoms with E-state index in [0.717, 1.165) is 6.08 Å². The lowest BCUT2D eigenvalue weighted by atomic mass is 10.2. The summed E-state index contributed by atoms with van der Waals surface area (Å²) < 4.78 is 28.8. The number of benzene rings is 1. The number of carbonyl (C=O) groups is 2. The zero-order valence-electron chi connectivity index (χ0n) is 9.84. The Bertz CT molecular complexity index is 703. The van der Waals surface area contributed by atoms with E-state index in [9.17, 15) is 18.0 Å². The van der Waals surface area contributed by atoms with Crippen molar-refractivity contribution in [3.8, 4) is 0 Å². The van der Waals surface area contributed by atoms with E-state index in [-0.39, 0.29) is 22.1 Å². The van der Waals surface area contributed by atoms with Crippen LogP contribution in [0.1, 0.15) is 12.5 Å². The maximum Gasteiger partial charge on any atom is 0.380 e. The molecule has 0 saturated carbocycles. The molecule has 0 spiro atoms. The van der Waals surface area contributed by atoms with Crippen LogP contribution in [-0.4, -0.2) is 26.8 Å². The van der Waals surface area contributed by atoms with Crippen LogP contribution < -0.4 is 0 Å². The van der Waals surface area contributed by atoms with Crippen LogP contribution in [-0.2, 0) is 24.2 Å². The first-order valence-electron chi connectivity index (χ1n) is 5.36. The number of fused-ring (bicyclic) bond motifs is 1. The number of halogens is 1. The summed E-state index contributed by atoms with van der Waals surface area (Å²) in [5, 5.41) is 0.202. The Morgan fingerprint density at radius 3 is 2.58 bits per heavy atom. The van der Waals surface area contributed by atoms with Gasteiger partial charge in [-0.1, -0.05) is 17.7 Å². The number of ketones is 1. The summed E-state index contributed by atoms with van der Waals surface area (Å²) in [5.41, 5.74) is 0.219. The van der Waals surface area contributed by atoms with E-state index in [1.54, 1.807) is 0 Å². The SMILES string of the molecule is CCOC(=O)C(=O)C1=Cc2c(Cl)cccc2S1(=O)=O. The minimum Gasteiger partial charge on any atom is -0.460 e. The molecule has 0 aliphatic carbocycles. The molecular weight excluding hydrogens is 292 g/mol. The van der Waals surface area contributed by atoms with Crippen molar-refractivity contribution in [3.05, 3.63) is 33.7 Å². The summed E-state index contributed by atoms with van der Waals surface area (Å²) >= 11 is 5.87. The van der Waals surface area contributed by atoms with E-state index >= 15 is 0 Å². The molecule has 19 heavy (non-hydrogen) atoms. The molecule has 1 aliphatic heterocycles. The Kier molecular flexibility index (Phi) is 3.47. The molecule has 0 unspecified atom stereocenters. The number of Topliss-reactive ketones (excluding diaryl/α,β-unsaturated/α-hetero) is 1. The standard InChI is InChI=1S/C12H9ClO5S/c1-2-18-12(15)11(14)10-6-7-8(13)4-3-5-9(7)19(10,16)17/h3-6H,2H2,1H3. The fourth-order valence-corrected chi connectivity index (χ4v) is 3.54. The number of ether oxygens (including phenoxy) is 1. The Labute approximate surface area is 114 Å². The average Bonchev–Trinajstić information content (AvgIpc) is 2.62. The van der Waals surface area contributed by atoms with Crippen LogP contribution in [0.15, 0.2) is 28.0 Å². The van der Waals surface area contributed by atoms with Crippen LogP contribution in [0, 0.1) is 0 Å². The van der Waals surface area contributed by atoms with Crippen molar-refractivity contribution in [1.82, 2.24) is 0 Å². The van der Waals surface area contributed by atoms with Gasteiger partial charge < -0.3 is 4.74 Å². The number of hydrogen-bond donors (Lipinski definition) is 0. The van der Waals surface area contributed by atoms with Gasteiger partial charge in [-0.25, -0.2) is 13.2 Å². The average molecular weight is 301 g/mol. The van der Waals surface area contributed by atoms with Crippen molar-refractivity contribution < 1.29 is 22.7 Å². The molecule has 0 atom stereocenters. The van der Waals surface area contributed by atoms with Crippen molar-refractivity contribution >= 4 is 39.3 Å². The molecule has 1 aromatic carbocycles. The molecule has 0 N–H and O–H groups in total. The zero-order chi connectivity index (χ0) is 14.2. The largest absolute Gasteiger partial charge is 0.460 e. The van der Waals surface area contributed by atoms with Gasteiger partial charge in [0.2, 0.25) is 9.84 Å². The molecule has 1 aliphatic rings. The van der Waals surface area contributed by atoms with Gasteiger partial charge in [0.05, 0.1) is 11.5 Å². The quantitative estimate of drug-likeness (QED) is 0.626. The highest BCUT2D eigenvalue weighted by atomic mass is 35.5. The minimum absolute atomic E-state index is 0.00833. The van der Waals surface area contributed by atoms with Gasteiger partial charge in [-0.05, 0) is 25.1 Å². The summed E-state index contributed by atoms with van der Waals surface area (Å²) in [5.74, 6) is -2.38. The van der Waals surface area contributed by atoms with Gasteiger partial charge in [0, 0.05) is 10.6 Å². The van der Waals surface area contributed by atoms with Gasteiger partial charge in [0.1, 0.15) is 4.91 Å². The van der Waals surface area contributed by atoms with Crippen LogP contribution in [0.25, 0.3) is 6.08 Å². The first kappa shape index (κ1) is 13.8. The first-order chi connectivity index (χ1) is 8.89. The van der Waals surface area contributed by atoms with E-state index in [1.807, 2.05) is 0 Å². The van der Waals surface area contributed by atoms with Crippen molar-refractivity contribution in [1.29, 1.82) is 0 Å². The Hall–Kier alpha value is -1.66. The molecule has 5 nitrogen and oxygen atoms in total. The molecule has 1 aromatic rings. The van der Waals surface area contributed by atoms with Gasteiger partial charge in [0.15, 0.2) is 0 Å².